The van der Waals surface area contributed by atoms with Crippen molar-refractivity contribution in [1.82, 2.24) is 14.2 Å². The van der Waals surface area contributed by atoms with E-state index in [1.165, 1.54) is 18.7 Å². The second-order valence-corrected chi connectivity index (χ2v) is 7.26. The minimum Gasteiger partial charge on any atom is -0.618 e. The molecule has 122 valence electrons. The molecule has 1 amide bonds. The van der Waals surface area contributed by atoms with Gasteiger partial charge in [0.1, 0.15) is 5.39 Å². The van der Waals surface area contributed by atoms with E-state index in [9.17, 15) is 14.8 Å². The molecule has 0 aromatic carbocycles. The molecule has 2 aromatic heterocycles. The van der Waals surface area contributed by atoms with Gasteiger partial charge in [0.2, 0.25) is 0 Å². The molecule has 0 saturated carbocycles. The zero-order valence-electron chi connectivity index (χ0n) is 12.7. The summed E-state index contributed by atoms with van der Waals surface area (Å²) in [6.45, 7) is 2.33. The van der Waals surface area contributed by atoms with Gasteiger partial charge in [-0.2, -0.15) is 8.69 Å². The molecule has 2 saturated heterocycles. The SMILES string of the molecule is O=C(N1CCC2(CCCN2)CC1)n1sc2c(ccc[n+]2[O-])c1=O. The molecule has 4 heterocycles. The Bertz CT molecular complexity index is 812. The maximum atomic E-state index is 12.7. The second kappa shape index (κ2) is 5.31. The van der Waals surface area contributed by atoms with E-state index in [1.54, 1.807) is 11.0 Å². The predicted octanol–water partition coefficient (Wildman–Crippen LogP) is 0.883. The van der Waals surface area contributed by atoms with Crippen LogP contribution in [-0.2, 0) is 0 Å². The third-order valence-corrected chi connectivity index (χ3v) is 6.08. The van der Waals surface area contributed by atoms with Crippen LogP contribution in [-0.4, -0.2) is 40.1 Å². The summed E-state index contributed by atoms with van der Waals surface area (Å²) in [5.41, 5.74) is -0.223. The molecule has 8 heteroatoms. The van der Waals surface area contributed by atoms with Crippen LogP contribution in [0.1, 0.15) is 25.7 Å². The lowest BCUT2D eigenvalue weighted by atomic mass is 9.86. The first-order chi connectivity index (χ1) is 11.1. The van der Waals surface area contributed by atoms with Gasteiger partial charge in [-0.05, 0) is 38.3 Å². The molecule has 1 N–H and O–H groups in total. The molecule has 2 aromatic rings. The topological polar surface area (TPSA) is 81.3 Å². The van der Waals surface area contributed by atoms with E-state index in [4.69, 9.17) is 0 Å². The van der Waals surface area contributed by atoms with Crippen LogP contribution in [0.5, 0.6) is 0 Å². The maximum absolute atomic E-state index is 12.7. The Kier molecular flexibility index (Phi) is 3.38. The van der Waals surface area contributed by atoms with E-state index in [0.717, 1.165) is 41.3 Å². The van der Waals surface area contributed by atoms with Crippen molar-refractivity contribution < 1.29 is 9.52 Å². The third-order valence-electron chi connectivity index (χ3n) is 5.00. The van der Waals surface area contributed by atoms with Gasteiger partial charge in [-0.15, -0.1) is 0 Å². The molecule has 23 heavy (non-hydrogen) atoms. The van der Waals surface area contributed by atoms with Crippen LogP contribution in [0.15, 0.2) is 23.1 Å². The van der Waals surface area contributed by atoms with Crippen LogP contribution in [0.3, 0.4) is 0 Å². The van der Waals surface area contributed by atoms with Crippen molar-refractivity contribution in [2.75, 3.05) is 19.6 Å². The summed E-state index contributed by atoms with van der Waals surface area (Å²) in [4.78, 5) is 27.0. The predicted molar refractivity (Wildman–Crippen MR) is 86.6 cm³/mol. The van der Waals surface area contributed by atoms with E-state index in [2.05, 4.69) is 5.32 Å². The first kappa shape index (κ1) is 14.6. The van der Waals surface area contributed by atoms with E-state index in [0.29, 0.717) is 23.2 Å². The van der Waals surface area contributed by atoms with Crippen molar-refractivity contribution in [3.63, 3.8) is 0 Å². The lowest BCUT2D eigenvalue weighted by Gasteiger charge is -2.39. The maximum Gasteiger partial charge on any atom is 0.340 e. The Morgan fingerprint density at radius 3 is 2.78 bits per heavy atom. The van der Waals surface area contributed by atoms with Gasteiger partial charge in [0.05, 0.1) is 0 Å². The van der Waals surface area contributed by atoms with Crippen LogP contribution < -0.4 is 15.6 Å². The Morgan fingerprint density at radius 2 is 2.13 bits per heavy atom. The van der Waals surface area contributed by atoms with Gasteiger partial charge < -0.3 is 15.4 Å². The summed E-state index contributed by atoms with van der Waals surface area (Å²) in [7, 11) is 0. The summed E-state index contributed by atoms with van der Waals surface area (Å²) < 4.78 is 1.75. The number of nitrogens with one attached hydrogen (secondary N) is 1. The molecule has 0 aliphatic carbocycles. The highest BCUT2D eigenvalue weighted by Gasteiger charge is 2.38. The largest absolute Gasteiger partial charge is 0.618 e. The molecule has 0 atom stereocenters. The zero-order valence-corrected chi connectivity index (χ0v) is 13.5. The molecule has 0 unspecified atom stereocenters. The average molecular weight is 334 g/mol. The number of nitrogens with zero attached hydrogens (tertiary/aromatic N) is 3. The number of carbonyl (C=O) groups excluding carboxylic acids is 1. The van der Waals surface area contributed by atoms with E-state index in [-0.39, 0.29) is 16.4 Å². The van der Waals surface area contributed by atoms with Gasteiger partial charge >= 0.3 is 10.9 Å². The Labute approximate surface area is 136 Å². The molecule has 1 spiro atoms. The van der Waals surface area contributed by atoms with Crippen LogP contribution in [0.25, 0.3) is 10.2 Å². The molecular formula is C15H18N4O3S. The van der Waals surface area contributed by atoms with Gasteiger partial charge in [-0.3, -0.25) is 4.79 Å². The van der Waals surface area contributed by atoms with Gasteiger partial charge in [-0.1, -0.05) is 0 Å². The Hall–Kier alpha value is -1.93. The van der Waals surface area contributed by atoms with Crippen LogP contribution >= 0.6 is 11.5 Å². The monoisotopic (exact) mass is 334 g/mol. The van der Waals surface area contributed by atoms with Gasteiger partial charge in [0.15, 0.2) is 6.20 Å². The van der Waals surface area contributed by atoms with Crippen molar-refractivity contribution in [1.29, 1.82) is 0 Å². The number of hydrogen-bond acceptors (Lipinski definition) is 5. The first-order valence-electron chi connectivity index (χ1n) is 7.88. The summed E-state index contributed by atoms with van der Waals surface area (Å²) in [5.74, 6) is 0. The fourth-order valence-electron chi connectivity index (χ4n) is 3.64. The zero-order chi connectivity index (χ0) is 16.0. The molecule has 2 aliphatic heterocycles. The van der Waals surface area contributed by atoms with Crippen molar-refractivity contribution in [2.45, 2.75) is 31.2 Å². The van der Waals surface area contributed by atoms with Gasteiger partial charge in [-0.25, -0.2) is 4.79 Å². The minimum atomic E-state index is -0.403. The number of carbonyl (C=O) groups is 1. The lowest BCUT2D eigenvalue weighted by molar-refractivity contribution is -0.574. The number of pyridine rings is 1. The molecule has 0 radical (unpaired) electrons. The lowest BCUT2D eigenvalue weighted by Crippen LogP contribution is -2.52. The Balaban J connectivity index is 1.59. The highest BCUT2D eigenvalue weighted by molar-refractivity contribution is 7.13. The molecule has 0 bridgehead atoms. The highest BCUT2D eigenvalue weighted by Crippen LogP contribution is 2.31. The van der Waals surface area contributed by atoms with Crippen molar-refractivity contribution >= 4 is 27.8 Å². The van der Waals surface area contributed by atoms with Crippen molar-refractivity contribution in [3.05, 3.63) is 33.9 Å². The quantitative estimate of drug-likeness (QED) is 0.573. The van der Waals surface area contributed by atoms with E-state index < -0.39 is 5.56 Å². The summed E-state index contributed by atoms with van der Waals surface area (Å²) >= 11 is 0.924. The first-order valence-corrected chi connectivity index (χ1v) is 8.66. The third kappa shape index (κ3) is 2.33. The number of aromatic nitrogens is 2. The summed E-state index contributed by atoms with van der Waals surface area (Å²) in [6, 6.07) is 2.79. The number of fused-ring (bicyclic) bond motifs is 1. The number of likely N-dealkylation sites (tertiary alicyclic amines) is 1. The molecule has 4 rings (SSSR count). The van der Waals surface area contributed by atoms with E-state index >= 15 is 0 Å². The van der Waals surface area contributed by atoms with Crippen LogP contribution in [0.4, 0.5) is 4.79 Å². The van der Waals surface area contributed by atoms with E-state index in [1.807, 2.05) is 0 Å². The normalized spacial score (nSPS) is 20.4. The summed E-state index contributed by atoms with van der Waals surface area (Å²) in [6.07, 6.45) is 5.52. The number of hydrogen-bond donors (Lipinski definition) is 1. The molecule has 7 nitrogen and oxygen atoms in total. The average Bonchev–Trinajstić information content (AvgIpc) is 3.14. The van der Waals surface area contributed by atoms with Gasteiger partial charge in [0.25, 0.3) is 5.56 Å². The Morgan fingerprint density at radius 1 is 1.35 bits per heavy atom. The highest BCUT2D eigenvalue weighted by atomic mass is 32.1. The van der Waals surface area contributed by atoms with Crippen molar-refractivity contribution in [2.24, 2.45) is 0 Å². The molecular weight excluding hydrogens is 316 g/mol. The van der Waals surface area contributed by atoms with Crippen LogP contribution in [0, 0.1) is 5.21 Å². The fourth-order valence-corrected chi connectivity index (χ4v) is 4.58. The molecule has 2 aliphatic rings. The smallest absolute Gasteiger partial charge is 0.340 e. The second-order valence-electron chi connectivity index (χ2n) is 6.32. The standard InChI is InChI=1S/C15H18N4O3S/c20-12-11-3-1-8-18(22)13(11)23-19(12)14(21)17-9-5-15(6-10-17)4-2-7-16-15/h1,3,8,16H,2,4-7,9-10H2. The van der Waals surface area contributed by atoms with Crippen molar-refractivity contribution in [3.8, 4) is 0 Å². The molecule has 2 fully saturated rings. The number of rotatable bonds is 0. The number of amides is 1. The fraction of sp³-hybridized carbons (Fsp3) is 0.533. The van der Waals surface area contributed by atoms with Gasteiger partial charge in [0, 0.05) is 36.2 Å². The summed E-state index contributed by atoms with van der Waals surface area (Å²) in [5, 5.41) is 15.6. The van der Waals surface area contributed by atoms with Crippen LogP contribution in [0.2, 0.25) is 0 Å². The number of piperidine rings is 1. The minimum absolute atomic E-state index is 0.181.